The molecule has 0 aliphatic rings. The Morgan fingerprint density at radius 3 is 2.29 bits per heavy atom. The number of azide groups is 1. The van der Waals surface area contributed by atoms with Crippen LogP contribution in [0.15, 0.2) is 5.11 Å². The van der Waals surface area contributed by atoms with Crippen LogP contribution in [-0.4, -0.2) is 26.2 Å². The first-order valence-electron chi connectivity index (χ1n) is 3.43. The smallest absolute Gasteiger partial charge is 0.297 e. The van der Waals surface area contributed by atoms with Crippen LogP contribution in [0.1, 0.15) is 6.92 Å². The van der Waals surface area contributed by atoms with E-state index in [-0.39, 0.29) is 0 Å². The number of carbonyl (C=O) groups excluding carboxylic acids is 1. The molecule has 0 saturated carbocycles. The molecule has 0 saturated heterocycles. The van der Waals surface area contributed by atoms with E-state index in [0.717, 1.165) is 21.1 Å². The monoisotopic (exact) mass is 223 g/mol. The molecule has 0 heterocycles. The van der Waals surface area contributed by atoms with Crippen LogP contribution in [0.25, 0.3) is 10.4 Å². The number of nitrogens with zero attached hydrogens (tertiary/aromatic N) is 3. The highest BCUT2D eigenvalue weighted by atomic mass is 31.2. The van der Waals surface area contributed by atoms with Crippen molar-refractivity contribution in [3.8, 4) is 0 Å². The van der Waals surface area contributed by atoms with Crippen LogP contribution in [0.5, 0.6) is 0 Å². The molecule has 0 radical (unpaired) electrons. The molecule has 0 aromatic rings. The summed E-state index contributed by atoms with van der Waals surface area (Å²) in [6, 6.07) is 0. The SMILES string of the molecule is COP(=O)(OC)OC(N=[N+]=[N-])C(C)=O. The third-order valence-electron chi connectivity index (χ3n) is 1.18. The van der Waals surface area contributed by atoms with Crippen LogP contribution in [-0.2, 0) is 22.9 Å². The maximum absolute atomic E-state index is 11.3. The fourth-order valence-electron chi connectivity index (χ4n) is 0.506. The molecule has 0 spiro atoms. The highest BCUT2D eigenvalue weighted by Crippen LogP contribution is 2.48. The van der Waals surface area contributed by atoms with Gasteiger partial charge in [-0.2, -0.15) is 0 Å². The summed E-state index contributed by atoms with van der Waals surface area (Å²) in [7, 11) is -1.64. The van der Waals surface area contributed by atoms with E-state index in [1.807, 2.05) is 0 Å². The minimum atomic E-state index is -3.81. The minimum Gasteiger partial charge on any atom is -0.297 e. The van der Waals surface area contributed by atoms with Gasteiger partial charge in [-0.05, 0) is 12.5 Å². The van der Waals surface area contributed by atoms with Gasteiger partial charge in [-0.15, -0.1) is 0 Å². The first-order chi connectivity index (χ1) is 6.49. The fraction of sp³-hybridized carbons (Fsp3) is 0.800. The van der Waals surface area contributed by atoms with Crippen LogP contribution >= 0.6 is 7.82 Å². The normalized spacial score (nSPS) is 13.1. The maximum Gasteiger partial charge on any atom is 0.475 e. The molecule has 0 bridgehead atoms. The van der Waals surface area contributed by atoms with Gasteiger partial charge in [-0.1, -0.05) is 5.11 Å². The lowest BCUT2D eigenvalue weighted by Crippen LogP contribution is -2.18. The minimum absolute atomic E-state index is 0.600. The van der Waals surface area contributed by atoms with Crippen molar-refractivity contribution in [1.82, 2.24) is 0 Å². The zero-order valence-corrected chi connectivity index (χ0v) is 8.80. The van der Waals surface area contributed by atoms with Crippen LogP contribution in [0.4, 0.5) is 0 Å². The van der Waals surface area contributed by atoms with E-state index >= 15 is 0 Å². The zero-order valence-electron chi connectivity index (χ0n) is 7.91. The van der Waals surface area contributed by atoms with Crippen molar-refractivity contribution >= 4 is 13.6 Å². The summed E-state index contributed by atoms with van der Waals surface area (Å²) < 4.78 is 24.7. The molecule has 9 heteroatoms. The average Bonchev–Trinajstić information content (AvgIpc) is 2.17. The Morgan fingerprint density at radius 1 is 1.50 bits per heavy atom. The van der Waals surface area contributed by atoms with Gasteiger partial charge in [0.15, 0.2) is 5.78 Å². The third kappa shape index (κ3) is 3.87. The van der Waals surface area contributed by atoms with Gasteiger partial charge < -0.3 is 0 Å². The van der Waals surface area contributed by atoms with Crippen molar-refractivity contribution in [3.63, 3.8) is 0 Å². The van der Waals surface area contributed by atoms with E-state index in [1.54, 1.807) is 0 Å². The molecule has 8 nitrogen and oxygen atoms in total. The predicted molar refractivity (Wildman–Crippen MR) is 46.3 cm³/mol. The maximum atomic E-state index is 11.3. The lowest BCUT2D eigenvalue weighted by molar-refractivity contribution is -0.124. The van der Waals surface area contributed by atoms with E-state index in [2.05, 4.69) is 23.6 Å². The summed E-state index contributed by atoms with van der Waals surface area (Å²) in [6.07, 6.45) is -1.51. The Morgan fingerprint density at radius 2 is 2.00 bits per heavy atom. The quantitative estimate of drug-likeness (QED) is 0.294. The van der Waals surface area contributed by atoms with Gasteiger partial charge in [0.2, 0.25) is 6.23 Å². The molecule has 0 amide bonds. The summed E-state index contributed by atoms with van der Waals surface area (Å²) in [6.45, 7) is 1.12. The number of phosphoric acid groups is 1. The lowest BCUT2D eigenvalue weighted by Gasteiger charge is -2.16. The first kappa shape index (κ1) is 13.1. The molecule has 0 aliphatic carbocycles. The second kappa shape index (κ2) is 5.74. The number of hydrogen-bond acceptors (Lipinski definition) is 6. The zero-order chi connectivity index (χ0) is 11.2. The second-order valence-electron chi connectivity index (χ2n) is 2.09. The summed E-state index contributed by atoms with van der Waals surface area (Å²) in [4.78, 5) is 13.2. The number of carbonyl (C=O) groups is 1. The van der Waals surface area contributed by atoms with Crippen LogP contribution in [0, 0.1) is 0 Å². The van der Waals surface area contributed by atoms with Crippen molar-refractivity contribution in [1.29, 1.82) is 0 Å². The van der Waals surface area contributed by atoms with Crippen LogP contribution in [0.2, 0.25) is 0 Å². The van der Waals surface area contributed by atoms with E-state index in [9.17, 15) is 9.36 Å². The molecule has 0 aromatic heterocycles. The van der Waals surface area contributed by atoms with E-state index < -0.39 is 19.8 Å². The van der Waals surface area contributed by atoms with Crippen molar-refractivity contribution in [3.05, 3.63) is 10.4 Å². The predicted octanol–water partition coefficient (Wildman–Crippen LogP) is 1.63. The Labute approximate surface area is 80.4 Å². The highest BCUT2D eigenvalue weighted by molar-refractivity contribution is 7.48. The molecule has 0 fully saturated rings. The van der Waals surface area contributed by atoms with Crippen molar-refractivity contribution in [2.45, 2.75) is 13.2 Å². The third-order valence-corrected chi connectivity index (χ3v) is 2.53. The second-order valence-corrected chi connectivity index (χ2v) is 3.92. The lowest BCUT2D eigenvalue weighted by atomic mass is 10.4. The summed E-state index contributed by atoms with van der Waals surface area (Å²) in [5, 5.41) is 2.98. The van der Waals surface area contributed by atoms with Gasteiger partial charge in [0.05, 0.1) is 0 Å². The molecular weight excluding hydrogens is 213 g/mol. The molecular formula is C5H10N3O5P. The van der Waals surface area contributed by atoms with Crippen LogP contribution in [0.3, 0.4) is 0 Å². The van der Waals surface area contributed by atoms with Gasteiger partial charge in [-0.25, -0.2) is 4.57 Å². The Kier molecular flexibility index (Phi) is 5.37. The molecule has 14 heavy (non-hydrogen) atoms. The number of ketones is 1. The fourth-order valence-corrected chi connectivity index (χ4v) is 1.26. The van der Waals surface area contributed by atoms with E-state index in [4.69, 9.17) is 5.53 Å². The standard InChI is InChI=1S/C5H10N3O5P/c1-4(9)5(7-8-6)13-14(10,11-2)12-3/h5H,1-3H3. The van der Waals surface area contributed by atoms with Crippen molar-refractivity contribution < 1.29 is 22.9 Å². The van der Waals surface area contributed by atoms with E-state index in [0.29, 0.717) is 0 Å². The van der Waals surface area contributed by atoms with Gasteiger partial charge >= 0.3 is 7.82 Å². The Bertz CT molecular complexity index is 290. The number of rotatable bonds is 6. The molecule has 0 aromatic carbocycles. The first-order valence-corrected chi connectivity index (χ1v) is 4.89. The van der Waals surface area contributed by atoms with Crippen molar-refractivity contribution in [2.75, 3.05) is 14.2 Å². The van der Waals surface area contributed by atoms with Gasteiger partial charge in [0.1, 0.15) is 0 Å². The number of hydrogen-bond donors (Lipinski definition) is 0. The molecule has 1 atom stereocenters. The molecule has 0 rings (SSSR count). The topological polar surface area (TPSA) is 111 Å². The molecule has 80 valence electrons. The van der Waals surface area contributed by atoms with Gasteiger partial charge in [0, 0.05) is 19.1 Å². The average molecular weight is 223 g/mol. The van der Waals surface area contributed by atoms with Gasteiger partial charge in [-0.3, -0.25) is 18.4 Å². The Balaban J connectivity index is 4.66. The molecule has 0 N–H and O–H groups in total. The Hall–Kier alpha value is -0.910. The molecule has 1 unspecified atom stereocenters. The van der Waals surface area contributed by atoms with Gasteiger partial charge in [0.25, 0.3) is 0 Å². The largest absolute Gasteiger partial charge is 0.475 e. The number of Topliss-reactive ketones (excluding diaryl/α,β-unsaturated/α-hetero) is 1. The summed E-state index contributed by atoms with van der Waals surface area (Å²) >= 11 is 0. The summed E-state index contributed by atoms with van der Waals surface area (Å²) in [5.74, 6) is -0.600. The summed E-state index contributed by atoms with van der Waals surface area (Å²) in [5.41, 5.74) is 8.08. The highest BCUT2D eigenvalue weighted by Gasteiger charge is 2.29. The molecule has 0 aliphatic heterocycles. The van der Waals surface area contributed by atoms with Crippen molar-refractivity contribution in [2.24, 2.45) is 5.11 Å². The number of phosphoric ester groups is 1. The van der Waals surface area contributed by atoms with Crippen LogP contribution < -0.4 is 0 Å². The van der Waals surface area contributed by atoms with E-state index in [1.165, 1.54) is 0 Å².